The van der Waals surface area contributed by atoms with E-state index in [2.05, 4.69) is 259 Å². The predicted molar refractivity (Wildman–Crippen MR) is 279 cm³/mol. The van der Waals surface area contributed by atoms with Crippen LogP contribution in [-0.2, 0) is 5.41 Å². The minimum atomic E-state index is -0.103. The fourth-order valence-electron chi connectivity index (χ4n) is 10.8. The molecule has 1 aliphatic carbocycles. The molecule has 0 radical (unpaired) electrons. The number of aromatic amines is 1. The molecule has 0 fully saturated rings. The van der Waals surface area contributed by atoms with Crippen LogP contribution >= 0.6 is 0 Å². The highest BCUT2D eigenvalue weighted by molar-refractivity contribution is 6.12. The summed E-state index contributed by atoms with van der Waals surface area (Å²) in [5.41, 5.74) is 21.7. The van der Waals surface area contributed by atoms with Crippen LogP contribution < -0.4 is 4.90 Å². The van der Waals surface area contributed by atoms with Crippen molar-refractivity contribution in [1.29, 1.82) is 0 Å². The molecule has 312 valence electrons. The molecule has 3 nitrogen and oxygen atoms in total. The second-order valence-corrected chi connectivity index (χ2v) is 18.3. The largest absolute Gasteiger partial charge is 0.355 e. The van der Waals surface area contributed by atoms with Gasteiger partial charge in [0.2, 0.25) is 0 Å². The Hall–Kier alpha value is -8.40. The van der Waals surface area contributed by atoms with Gasteiger partial charge in [0, 0.05) is 60.7 Å². The van der Waals surface area contributed by atoms with Gasteiger partial charge in [0.15, 0.2) is 0 Å². The van der Waals surface area contributed by atoms with Crippen LogP contribution in [0.3, 0.4) is 0 Å². The second-order valence-electron chi connectivity index (χ2n) is 18.3. The van der Waals surface area contributed by atoms with Gasteiger partial charge >= 0.3 is 0 Å². The Bertz CT molecular complexity index is 3820. The highest BCUT2D eigenvalue weighted by Crippen LogP contribution is 2.51. The lowest BCUT2D eigenvalue weighted by Crippen LogP contribution is -2.16. The maximum Gasteiger partial charge on any atom is 0.0541 e. The van der Waals surface area contributed by atoms with Gasteiger partial charge in [0.05, 0.1) is 11.0 Å². The van der Waals surface area contributed by atoms with Crippen molar-refractivity contribution in [2.24, 2.45) is 0 Å². The van der Waals surface area contributed by atoms with Gasteiger partial charge in [0.25, 0.3) is 0 Å². The van der Waals surface area contributed by atoms with Crippen molar-refractivity contribution in [3.8, 4) is 50.2 Å². The standard InChI is InChI=1S/C63H45N3/c1-63(2)57-19-11-9-17-51(57)52-33-32-50(40-58(52)63)65(48-28-21-42(22-29-48)41-13-5-3-6-14-41)49-30-23-43(24-31-49)44-25-34-59-54(37-44)55-38-45(26-35-60(55)64-59)46-27-36-62-56(39-46)53-18-10-12-20-61(53)66(62)47-15-7-4-8-16-47/h3-40,64H,1-2H3. The van der Waals surface area contributed by atoms with Gasteiger partial charge < -0.3 is 14.5 Å². The third kappa shape index (κ3) is 6.04. The summed E-state index contributed by atoms with van der Waals surface area (Å²) in [5, 5.41) is 4.95. The SMILES string of the molecule is CC1(C)c2ccccc2-c2ccc(N(c3ccc(-c4ccccc4)cc3)c3ccc(-c4ccc5[nH]c6ccc(-c7ccc8c(c7)c7ccccc7n8-c7ccccc7)cc6c5c4)cc3)cc21. The minimum absolute atomic E-state index is 0.103. The molecule has 10 aromatic carbocycles. The van der Waals surface area contributed by atoms with Crippen molar-refractivity contribution < 1.29 is 0 Å². The zero-order chi connectivity index (χ0) is 43.9. The van der Waals surface area contributed by atoms with Gasteiger partial charge in [0.1, 0.15) is 0 Å². The molecule has 0 amide bonds. The number of hydrogen-bond donors (Lipinski definition) is 1. The minimum Gasteiger partial charge on any atom is -0.355 e. The third-order valence-electron chi connectivity index (χ3n) is 14.1. The normalized spacial score (nSPS) is 12.8. The fraction of sp³-hybridized carbons (Fsp3) is 0.0476. The number of nitrogens with one attached hydrogen (secondary N) is 1. The number of H-pyrrole nitrogens is 1. The van der Waals surface area contributed by atoms with E-state index < -0.39 is 0 Å². The van der Waals surface area contributed by atoms with Crippen LogP contribution in [0.1, 0.15) is 25.0 Å². The van der Waals surface area contributed by atoms with Crippen LogP contribution in [0.2, 0.25) is 0 Å². The molecule has 66 heavy (non-hydrogen) atoms. The average Bonchev–Trinajstić information content (AvgIpc) is 3.99. The number of aromatic nitrogens is 2. The van der Waals surface area contributed by atoms with Crippen LogP contribution in [-0.4, -0.2) is 9.55 Å². The zero-order valence-corrected chi connectivity index (χ0v) is 36.8. The molecule has 1 N–H and O–H groups in total. The van der Waals surface area contributed by atoms with Crippen LogP contribution in [0.5, 0.6) is 0 Å². The summed E-state index contributed by atoms with van der Waals surface area (Å²) in [6.07, 6.45) is 0. The van der Waals surface area contributed by atoms with Crippen molar-refractivity contribution in [2.45, 2.75) is 19.3 Å². The van der Waals surface area contributed by atoms with E-state index in [0.29, 0.717) is 0 Å². The van der Waals surface area contributed by atoms with E-state index in [1.54, 1.807) is 0 Å². The van der Waals surface area contributed by atoms with Gasteiger partial charge in [-0.3, -0.25) is 0 Å². The third-order valence-corrected chi connectivity index (χ3v) is 14.1. The summed E-state index contributed by atoms with van der Waals surface area (Å²) >= 11 is 0. The molecule has 2 heterocycles. The molecular weight excluding hydrogens is 799 g/mol. The maximum absolute atomic E-state index is 3.70. The fourth-order valence-corrected chi connectivity index (χ4v) is 10.8. The Kier molecular flexibility index (Phi) is 8.56. The first-order valence-electron chi connectivity index (χ1n) is 22.9. The highest BCUT2D eigenvalue weighted by atomic mass is 15.1. The average molecular weight is 844 g/mol. The van der Waals surface area contributed by atoms with Crippen molar-refractivity contribution in [2.75, 3.05) is 4.90 Å². The molecule has 0 aliphatic heterocycles. The summed E-state index contributed by atoms with van der Waals surface area (Å²) in [7, 11) is 0. The van der Waals surface area contributed by atoms with Crippen LogP contribution in [0.15, 0.2) is 231 Å². The monoisotopic (exact) mass is 843 g/mol. The molecule has 0 spiro atoms. The van der Waals surface area contributed by atoms with Crippen molar-refractivity contribution in [1.82, 2.24) is 9.55 Å². The zero-order valence-electron chi connectivity index (χ0n) is 36.8. The number of anilines is 3. The quantitative estimate of drug-likeness (QED) is 0.170. The molecular formula is C63H45N3. The van der Waals surface area contributed by atoms with Crippen molar-refractivity contribution >= 4 is 60.7 Å². The van der Waals surface area contributed by atoms with E-state index in [1.165, 1.54) is 93.9 Å². The molecule has 0 saturated carbocycles. The first kappa shape index (κ1) is 38.1. The Balaban J connectivity index is 0.871. The molecule has 0 bridgehead atoms. The lowest BCUT2D eigenvalue weighted by Gasteiger charge is -2.28. The van der Waals surface area contributed by atoms with E-state index in [0.717, 1.165) is 28.1 Å². The summed E-state index contributed by atoms with van der Waals surface area (Å²) in [6.45, 7) is 4.71. The van der Waals surface area contributed by atoms with Crippen LogP contribution in [0.25, 0.3) is 93.8 Å². The van der Waals surface area contributed by atoms with E-state index in [-0.39, 0.29) is 5.41 Å². The lowest BCUT2D eigenvalue weighted by atomic mass is 9.82. The molecule has 1 aliphatic rings. The van der Waals surface area contributed by atoms with Crippen LogP contribution in [0.4, 0.5) is 17.1 Å². The number of rotatable bonds is 7. The Morgan fingerprint density at radius 2 is 0.833 bits per heavy atom. The van der Waals surface area contributed by atoms with Gasteiger partial charge in [-0.25, -0.2) is 0 Å². The van der Waals surface area contributed by atoms with E-state index in [9.17, 15) is 0 Å². The van der Waals surface area contributed by atoms with Gasteiger partial charge in [-0.05, 0) is 147 Å². The molecule has 0 atom stereocenters. The summed E-state index contributed by atoms with van der Waals surface area (Å²) in [4.78, 5) is 6.11. The number of nitrogens with zero attached hydrogens (tertiary/aromatic N) is 2. The van der Waals surface area contributed by atoms with Crippen LogP contribution in [0, 0.1) is 0 Å². The second kappa shape index (κ2) is 14.8. The molecule has 12 aromatic rings. The van der Waals surface area contributed by atoms with E-state index in [1.807, 2.05) is 0 Å². The number of hydrogen-bond acceptors (Lipinski definition) is 1. The molecule has 0 unspecified atom stereocenters. The highest BCUT2D eigenvalue weighted by Gasteiger charge is 2.35. The molecule has 0 saturated heterocycles. The summed E-state index contributed by atoms with van der Waals surface area (Å²) in [6, 6.07) is 84.6. The van der Waals surface area contributed by atoms with E-state index in [4.69, 9.17) is 0 Å². The van der Waals surface area contributed by atoms with Gasteiger partial charge in [-0.15, -0.1) is 0 Å². The van der Waals surface area contributed by atoms with Crippen molar-refractivity contribution in [3.05, 3.63) is 242 Å². The summed E-state index contributed by atoms with van der Waals surface area (Å²) in [5.74, 6) is 0. The van der Waals surface area contributed by atoms with Crippen molar-refractivity contribution in [3.63, 3.8) is 0 Å². The summed E-state index contributed by atoms with van der Waals surface area (Å²) < 4.78 is 2.37. The Labute approximate surface area is 384 Å². The molecule has 3 heteroatoms. The Morgan fingerprint density at radius 1 is 0.348 bits per heavy atom. The molecule has 2 aromatic heterocycles. The van der Waals surface area contributed by atoms with Gasteiger partial charge in [-0.2, -0.15) is 0 Å². The number of para-hydroxylation sites is 2. The Morgan fingerprint density at radius 3 is 1.53 bits per heavy atom. The predicted octanol–water partition coefficient (Wildman–Crippen LogP) is 17.2. The maximum atomic E-state index is 3.70. The first-order chi connectivity index (χ1) is 32.5. The first-order valence-corrected chi connectivity index (χ1v) is 22.9. The smallest absolute Gasteiger partial charge is 0.0541 e. The number of fused-ring (bicyclic) bond motifs is 9. The van der Waals surface area contributed by atoms with E-state index >= 15 is 0 Å². The lowest BCUT2D eigenvalue weighted by molar-refractivity contribution is 0.660. The van der Waals surface area contributed by atoms with Gasteiger partial charge in [-0.1, -0.05) is 153 Å². The topological polar surface area (TPSA) is 24.0 Å². The number of benzene rings is 10. The molecule has 13 rings (SSSR count).